The van der Waals surface area contributed by atoms with Gasteiger partial charge in [-0.15, -0.1) is 15.3 Å². The van der Waals surface area contributed by atoms with Crippen LogP contribution in [-0.2, 0) is 0 Å². The van der Waals surface area contributed by atoms with Crippen LogP contribution in [0.4, 0.5) is 0 Å². The molecule has 2 aromatic rings. The average Bonchev–Trinajstić information content (AvgIpc) is 3.06. The summed E-state index contributed by atoms with van der Waals surface area (Å²) in [7, 11) is 0. The molecule has 16 heavy (non-hydrogen) atoms. The summed E-state index contributed by atoms with van der Waals surface area (Å²) in [6.45, 7) is 5.87. The molecule has 0 N–H and O–H groups in total. The molecule has 1 aliphatic rings. The second-order valence-corrected chi connectivity index (χ2v) is 3.51. The quantitative estimate of drug-likeness (QED) is 0.776. The van der Waals surface area contributed by atoms with E-state index in [1.165, 1.54) is 0 Å². The highest BCUT2D eigenvalue weighted by Crippen LogP contribution is 2.25. The first-order chi connectivity index (χ1) is 7.83. The van der Waals surface area contributed by atoms with Gasteiger partial charge in [0.1, 0.15) is 6.10 Å². The van der Waals surface area contributed by atoms with E-state index in [0.717, 1.165) is 24.3 Å². The molecular weight excluding hydrogens is 204 g/mol. The third-order valence-electron chi connectivity index (χ3n) is 2.21. The number of aryl methyl sites for hydroxylation is 1. The minimum absolute atomic E-state index is 0.372. The van der Waals surface area contributed by atoms with Gasteiger partial charge in [-0.2, -0.15) is 4.52 Å². The molecule has 86 valence electrons. The Morgan fingerprint density at radius 1 is 1.25 bits per heavy atom. The van der Waals surface area contributed by atoms with Crippen LogP contribution in [0.25, 0.3) is 5.65 Å². The van der Waals surface area contributed by atoms with E-state index in [1.807, 2.05) is 32.9 Å². The smallest absolute Gasteiger partial charge is 0.232 e. The highest BCUT2D eigenvalue weighted by molar-refractivity contribution is 5.37. The van der Waals surface area contributed by atoms with Crippen molar-refractivity contribution >= 4 is 5.65 Å². The van der Waals surface area contributed by atoms with Crippen LogP contribution in [0, 0.1) is 6.92 Å². The molecule has 1 fully saturated rings. The number of fused-ring (bicyclic) bond motifs is 1. The van der Waals surface area contributed by atoms with Gasteiger partial charge in [-0.3, -0.25) is 0 Å². The Balaban J connectivity index is 0.000000457. The zero-order valence-corrected chi connectivity index (χ0v) is 9.84. The SMILES string of the molecule is CC.Cc1nnc2ccc(OC3CC3)nn12. The zero-order valence-electron chi connectivity index (χ0n) is 9.84. The van der Waals surface area contributed by atoms with E-state index < -0.39 is 0 Å². The van der Waals surface area contributed by atoms with E-state index in [-0.39, 0.29) is 0 Å². The van der Waals surface area contributed by atoms with Crippen molar-refractivity contribution in [3.8, 4) is 5.88 Å². The Hall–Kier alpha value is -1.65. The van der Waals surface area contributed by atoms with Crippen molar-refractivity contribution in [2.24, 2.45) is 0 Å². The fraction of sp³-hybridized carbons (Fsp3) is 0.545. The van der Waals surface area contributed by atoms with Crippen molar-refractivity contribution in [1.82, 2.24) is 19.8 Å². The van der Waals surface area contributed by atoms with Gasteiger partial charge in [-0.1, -0.05) is 13.8 Å². The number of nitrogens with zero attached hydrogens (tertiary/aromatic N) is 4. The number of aromatic nitrogens is 4. The van der Waals surface area contributed by atoms with E-state index in [1.54, 1.807) is 4.52 Å². The van der Waals surface area contributed by atoms with Gasteiger partial charge < -0.3 is 4.74 Å². The Labute approximate surface area is 94.4 Å². The van der Waals surface area contributed by atoms with Crippen molar-refractivity contribution in [2.45, 2.75) is 39.7 Å². The second-order valence-electron chi connectivity index (χ2n) is 3.51. The minimum Gasteiger partial charge on any atom is -0.473 e. The first kappa shape index (κ1) is 10.9. The molecule has 1 saturated carbocycles. The monoisotopic (exact) mass is 220 g/mol. The van der Waals surface area contributed by atoms with Crippen LogP contribution in [0.1, 0.15) is 32.5 Å². The van der Waals surface area contributed by atoms with Crippen LogP contribution in [0.5, 0.6) is 5.88 Å². The lowest BCUT2D eigenvalue weighted by Crippen LogP contribution is -2.02. The van der Waals surface area contributed by atoms with Gasteiger partial charge >= 0.3 is 0 Å². The van der Waals surface area contributed by atoms with Crippen LogP contribution >= 0.6 is 0 Å². The largest absolute Gasteiger partial charge is 0.473 e. The summed E-state index contributed by atoms with van der Waals surface area (Å²) in [4.78, 5) is 0. The molecule has 0 bridgehead atoms. The standard InChI is InChI=1S/C9H10N4O.C2H6/c1-6-10-11-8-4-5-9(12-13(6)8)14-7-2-3-7;1-2/h4-5,7H,2-3H2,1H3;1-2H3. The molecule has 0 radical (unpaired) electrons. The normalized spacial score (nSPS) is 14.4. The Morgan fingerprint density at radius 2 is 2.00 bits per heavy atom. The predicted octanol–water partition coefficient (Wildman–Crippen LogP) is 2.00. The van der Waals surface area contributed by atoms with Gasteiger partial charge in [-0.25, -0.2) is 0 Å². The van der Waals surface area contributed by atoms with Crippen LogP contribution in [-0.4, -0.2) is 25.9 Å². The van der Waals surface area contributed by atoms with Crippen molar-refractivity contribution in [2.75, 3.05) is 0 Å². The van der Waals surface area contributed by atoms with Crippen LogP contribution in [0.15, 0.2) is 12.1 Å². The van der Waals surface area contributed by atoms with E-state index in [4.69, 9.17) is 4.74 Å². The molecular formula is C11H16N4O. The van der Waals surface area contributed by atoms with Gasteiger partial charge in [0.2, 0.25) is 5.88 Å². The third-order valence-corrected chi connectivity index (χ3v) is 2.21. The maximum absolute atomic E-state index is 5.57. The van der Waals surface area contributed by atoms with Crippen LogP contribution in [0.3, 0.4) is 0 Å². The Bertz CT molecular complexity index is 476. The van der Waals surface area contributed by atoms with Crippen molar-refractivity contribution < 1.29 is 4.74 Å². The Kier molecular flexibility index (Phi) is 3.03. The van der Waals surface area contributed by atoms with Crippen molar-refractivity contribution in [1.29, 1.82) is 0 Å². The topological polar surface area (TPSA) is 52.3 Å². The molecule has 0 spiro atoms. The zero-order chi connectivity index (χ0) is 11.5. The highest BCUT2D eigenvalue weighted by atomic mass is 16.5. The molecule has 0 atom stereocenters. The lowest BCUT2D eigenvalue weighted by molar-refractivity contribution is 0.286. The van der Waals surface area contributed by atoms with Gasteiger partial charge in [-0.05, 0) is 25.8 Å². The number of rotatable bonds is 2. The summed E-state index contributed by atoms with van der Waals surface area (Å²) in [6, 6.07) is 3.70. The van der Waals surface area contributed by atoms with Gasteiger partial charge in [0, 0.05) is 6.07 Å². The fourth-order valence-corrected chi connectivity index (χ4v) is 1.30. The Morgan fingerprint density at radius 3 is 2.69 bits per heavy atom. The number of hydrogen-bond acceptors (Lipinski definition) is 4. The lowest BCUT2D eigenvalue weighted by Gasteiger charge is -2.02. The van der Waals surface area contributed by atoms with E-state index in [0.29, 0.717) is 12.0 Å². The molecule has 3 rings (SSSR count). The molecule has 0 aliphatic heterocycles. The molecule has 2 aromatic heterocycles. The maximum Gasteiger partial charge on any atom is 0.232 e. The summed E-state index contributed by atoms with van der Waals surface area (Å²) in [5.41, 5.74) is 0.755. The molecule has 0 amide bonds. The first-order valence-electron chi connectivity index (χ1n) is 5.69. The van der Waals surface area contributed by atoms with Crippen molar-refractivity contribution in [3.63, 3.8) is 0 Å². The predicted molar refractivity (Wildman–Crippen MR) is 60.5 cm³/mol. The van der Waals surface area contributed by atoms with Crippen molar-refractivity contribution in [3.05, 3.63) is 18.0 Å². The number of ether oxygens (including phenoxy) is 1. The maximum atomic E-state index is 5.57. The fourth-order valence-electron chi connectivity index (χ4n) is 1.30. The van der Waals surface area contributed by atoms with E-state index in [2.05, 4.69) is 15.3 Å². The molecule has 1 aliphatic carbocycles. The molecule has 0 aromatic carbocycles. The average molecular weight is 220 g/mol. The van der Waals surface area contributed by atoms with Gasteiger partial charge in [0.05, 0.1) is 0 Å². The summed E-state index contributed by atoms with van der Waals surface area (Å²) < 4.78 is 7.26. The molecule has 0 unspecified atom stereocenters. The van der Waals surface area contributed by atoms with E-state index in [9.17, 15) is 0 Å². The molecule has 5 nitrogen and oxygen atoms in total. The minimum atomic E-state index is 0.372. The number of hydrogen-bond donors (Lipinski definition) is 0. The lowest BCUT2D eigenvalue weighted by atomic mass is 10.5. The first-order valence-corrected chi connectivity index (χ1v) is 5.69. The third kappa shape index (κ3) is 2.13. The molecule has 2 heterocycles. The molecule has 0 saturated heterocycles. The summed E-state index contributed by atoms with van der Waals surface area (Å²) in [6.07, 6.45) is 2.65. The summed E-state index contributed by atoms with van der Waals surface area (Å²) in [5, 5.41) is 12.2. The van der Waals surface area contributed by atoms with Crippen LogP contribution < -0.4 is 4.74 Å². The highest BCUT2D eigenvalue weighted by Gasteiger charge is 2.24. The molecule has 5 heteroatoms. The van der Waals surface area contributed by atoms with Crippen LogP contribution in [0.2, 0.25) is 0 Å². The second kappa shape index (κ2) is 4.47. The van der Waals surface area contributed by atoms with E-state index >= 15 is 0 Å². The summed E-state index contributed by atoms with van der Waals surface area (Å²) in [5.74, 6) is 1.43. The van der Waals surface area contributed by atoms with Gasteiger partial charge in [0.25, 0.3) is 0 Å². The van der Waals surface area contributed by atoms with Gasteiger partial charge in [0.15, 0.2) is 11.5 Å². The summed E-state index contributed by atoms with van der Waals surface area (Å²) >= 11 is 0.